The van der Waals surface area contributed by atoms with Gasteiger partial charge in [-0.2, -0.15) is 0 Å². The quantitative estimate of drug-likeness (QED) is 0.715. The summed E-state index contributed by atoms with van der Waals surface area (Å²) in [6, 6.07) is 7.94. The van der Waals surface area contributed by atoms with E-state index in [1.54, 1.807) is 0 Å². The zero-order valence-corrected chi connectivity index (χ0v) is 9.04. The van der Waals surface area contributed by atoms with Crippen molar-refractivity contribution in [3.05, 3.63) is 35.4 Å². The first-order chi connectivity index (χ1) is 6.59. The number of hydrogen-bond donors (Lipinski definition) is 0. The van der Waals surface area contributed by atoms with Gasteiger partial charge in [-0.1, -0.05) is 38.1 Å². The van der Waals surface area contributed by atoms with Crippen molar-refractivity contribution in [3.63, 3.8) is 0 Å². The van der Waals surface area contributed by atoms with Crippen LogP contribution in [-0.2, 0) is 11.3 Å². The molecule has 0 unspecified atom stereocenters. The molecule has 3 heteroatoms. The van der Waals surface area contributed by atoms with Crippen molar-refractivity contribution >= 4 is 17.0 Å². The largest absolute Gasteiger partial charge is 0.449 e. The van der Waals surface area contributed by atoms with E-state index in [-0.39, 0.29) is 6.61 Å². The lowest BCUT2D eigenvalue weighted by molar-refractivity contribution is 0.167. The van der Waals surface area contributed by atoms with Crippen LogP contribution in [-0.4, -0.2) is 5.43 Å². The molecule has 1 rings (SSSR count). The molecule has 0 bridgehead atoms. The Labute approximate surface area is 88.8 Å². The monoisotopic (exact) mass is 212 g/mol. The maximum absolute atomic E-state index is 10.3. The van der Waals surface area contributed by atoms with Crippen LogP contribution in [0.5, 0.6) is 0 Å². The average molecular weight is 213 g/mol. The predicted molar refractivity (Wildman–Crippen MR) is 56.6 cm³/mol. The van der Waals surface area contributed by atoms with Crippen molar-refractivity contribution in [3.8, 4) is 0 Å². The Balaban J connectivity index is 2.59. The minimum absolute atomic E-state index is 0.237. The number of halogens is 1. The van der Waals surface area contributed by atoms with Crippen molar-refractivity contribution < 1.29 is 9.53 Å². The smallest absolute Gasteiger partial charge is 0.404 e. The van der Waals surface area contributed by atoms with Gasteiger partial charge in [0.1, 0.15) is 6.61 Å². The van der Waals surface area contributed by atoms with Crippen molar-refractivity contribution in [1.29, 1.82) is 0 Å². The standard InChI is InChI=1S/C11H13ClO2/c1-8(2)10-5-3-9(4-6-10)7-14-11(12)13/h3-6,8H,7H2,1-2H3. The van der Waals surface area contributed by atoms with E-state index in [0.717, 1.165) is 5.56 Å². The molecule has 0 aliphatic heterocycles. The molecule has 0 aliphatic carbocycles. The first kappa shape index (κ1) is 11.1. The Morgan fingerprint density at radius 3 is 2.36 bits per heavy atom. The van der Waals surface area contributed by atoms with E-state index in [9.17, 15) is 4.79 Å². The van der Waals surface area contributed by atoms with Gasteiger partial charge in [0.15, 0.2) is 0 Å². The molecule has 0 saturated carbocycles. The molecular weight excluding hydrogens is 200 g/mol. The first-order valence-electron chi connectivity index (χ1n) is 4.50. The molecular formula is C11H13ClO2. The Hall–Kier alpha value is -1.02. The van der Waals surface area contributed by atoms with Crippen LogP contribution in [0.3, 0.4) is 0 Å². The van der Waals surface area contributed by atoms with Crippen LogP contribution in [0.2, 0.25) is 0 Å². The third-order valence-electron chi connectivity index (χ3n) is 2.00. The molecule has 1 aromatic rings. The van der Waals surface area contributed by atoms with Crippen LogP contribution in [0.4, 0.5) is 4.79 Å². The summed E-state index contributed by atoms with van der Waals surface area (Å²) in [4.78, 5) is 10.3. The topological polar surface area (TPSA) is 26.3 Å². The summed E-state index contributed by atoms with van der Waals surface area (Å²) < 4.78 is 4.65. The van der Waals surface area contributed by atoms with Gasteiger partial charge in [-0.15, -0.1) is 0 Å². The maximum atomic E-state index is 10.3. The minimum atomic E-state index is -0.766. The molecule has 0 radical (unpaired) electrons. The molecule has 0 amide bonds. The molecule has 0 aromatic heterocycles. The summed E-state index contributed by atoms with van der Waals surface area (Å²) in [5.41, 5.74) is 1.45. The van der Waals surface area contributed by atoms with Gasteiger partial charge in [-0.3, -0.25) is 0 Å². The summed E-state index contributed by atoms with van der Waals surface area (Å²) in [6.45, 7) is 4.50. The molecule has 1 aromatic carbocycles. The van der Waals surface area contributed by atoms with Crippen LogP contribution in [0.25, 0.3) is 0 Å². The van der Waals surface area contributed by atoms with Gasteiger partial charge in [-0.05, 0) is 17.0 Å². The van der Waals surface area contributed by atoms with Gasteiger partial charge in [0.25, 0.3) is 0 Å². The highest BCUT2D eigenvalue weighted by molar-refractivity contribution is 6.61. The van der Waals surface area contributed by atoms with E-state index in [1.807, 2.05) is 24.3 Å². The van der Waals surface area contributed by atoms with Crippen molar-refractivity contribution in [2.24, 2.45) is 0 Å². The van der Waals surface area contributed by atoms with Gasteiger partial charge in [-0.25, -0.2) is 4.79 Å². The summed E-state index contributed by atoms with van der Waals surface area (Å²) in [5, 5.41) is 0. The summed E-state index contributed by atoms with van der Waals surface area (Å²) in [7, 11) is 0. The minimum Gasteiger partial charge on any atom is -0.449 e. The lowest BCUT2D eigenvalue weighted by atomic mass is 10.0. The molecule has 0 aliphatic rings. The molecule has 0 saturated heterocycles. The van der Waals surface area contributed by atoms with Gasteiger partial charge in [0.05, 0.1) is 0 Å². The fraction of sp³-hybridized carbons (Fsp3) is 0.364. The van der Waals surface area contributed by atoms with E-state index in [1.165, 1.54) is 5.56 Å². The van der Waals surface area contributed by atoms with Crippen LogP contribution in [0.1, 0.15) is 30.9 Å². The second-order valence-corrected chi connectivity index (χ2v) is 3.73. The fourth-order valence-electron chi connectivity index (χ4n) is 1.14. The molecule has 0 atom stereocenters. The maximum Gasteiger partial charge on any atom is 0.404 e. The van der Waals surface area contributed by atoms with Crippen LogP contribution >= 0.6 is 11.6 Å². The number of carbonyl (C=O) groups excluding carboxylic acids is 1. The Kier molecular flexibility index (Phi) is 3.96. The van der Waals surface area contributed by atoms with Gasteiger partial charge >= 0.3 is 5.43 Å². The van der Waals surface area contributed by atoms with Crippen LogP contribution < -0.4 is 0 Å². The normalized spacial score (nSPS) is 10.3. The fourth-order valence-corrected chi connectivity index (χ4v) is 1.19. The zero-order chi connectivity index (χ0) is 10.6. The molecule has 0 fully saturated rings. The lowest BCUT2D eigenvalue weighted by Gasteiger charge is -2.06. The van der Waals surface area contributed by atoms with Crippen molar-refractivity contribution in [1.82, 2.24) is 0 Å². The van der Waals surface area contributed by atoms with E-state index in [4.69, 9.17) is 11.6 Å². The lowest BCUT2D eigenvalue weighted by Crippen LogP contribution is -1.95. The number of carbonyl (C=O) groups is 1. The summed E-state index contributed by atoms with van der Waals surface area (Å²) >= 11 is 5.05. The molecule has 0 spiro atoms. The Morgan fingerprint density at radius 1 is 1.36 bits per heavy atom. The molecule has 0 heterocycles. The number of ether oxygens (including phenoxy) is 1. The molecule has 76 valence electrons. The van der Waals surface area contributed by atoms with Crippen LogP contribution in [0.15, 0.2) is 24.3 Å². The van der Waals surface area contributed by atoms with E-state index >= 15 is 0 Å². The summed E-state index contributed by atoms with van der Waals surface area (Å²) in [6.07, 6.45) is 0. The van der Waals surface area contributed by atoms with E-state index in [0.29, 0.717) is 5.92 Å². The highest BCUT2D eigenvalue weighted by Gasteiger charge is 2.00. The van der Waals surface area contributed by atoms with E-state index in [2.05, 4.69) is 18.6 Å². The zero-order valence-electron chi connectivity index (χ0n) is 8.29. The first-order valence-corrected chi connectivity index (χ1v) is 4.88. The Morgan fingerprint density at radius 2 is 1.93 bits per heavy atom. The predicted octanol–water partition coefficient (Wildman–Crippen LogP) is 3.69. The second-order valence-electron chi connectivity index (χ2n) is 3.42. The Bertz CT molecular complexity index is 304. The van der Waals surface area contributed by atoms with Gasteiger partial charge in [0.2, 0.25) is 0 Å². The number of hydrogen-bond acceptors (Lipinski definition) is 2. The molecule has 2 nitrogen and oxygen atoms in total. The molecule has 0 N–H and O–H groups in total. The van der Waals surface area contributed by atoms with Crippen LogP contribution in [0, 0.1) is 0 Å². The second kappa shape index (κ2) is 5.01. The highest BCUT2D eigenvalue weighted by atomic mass is 35.5. The number of rotatable bonds is 3. The SMILES string of the molecule is CC(C)c1ccc(COC(=O)Cl)cc1. The van der Waals surface area contributed by atoms with Crippen molar-refractivity contribution in [2.75, 3.05) is 0 Å². The molecule has 14 heavy (non-hydrogen) atoms. The van der Waals surface area contributed by atoms with E-state index < -0.39 is 5.43 Å². The van der Waals surface area contributed by atoms with Crippen molar-refractivity contribution in [2.45, 2.75) is 26.4 Å². The van der Waals surface area contributed by atoms with Gasteiger partial charge in [0, 0.05) is 11.6 Å². The highest BCUT2D eigenvalue weighted by Crippen LogP contribution is 2.15. The summed E-state index contributed by atoms with van der Waals surface area (Å²) in [5.74, 6) is 0.514. The third-order valence-corrected chi connectivity index (χ3v) is 2.11. The third kappa shape index (κ3) is 3.38. The number of benzene rings is 1. The van der Waals surface area contributed by atoms with Gasteiger partial charge < -0.3 is 4.74 Å². The average Bonchev–Trinajstić information content (AvgIpc) is 2.15.